The lowest BCUT2D eigenvalue weighted by atomic mass is 9.72. The summed E-state index contributed by atoms with van der Waals surface area (Å²) in [4.78, 5) is 15.1. The number of carbonyl (C=O) groups is 1. The van der Waals surface area contributed by atoms with Crippen LogP contribution in [0.5, 0.6) is 0 Å². The summed E-state index contributed by atoms with van der Waals surface area (Å²) < 4.78 is 0. The summed E-state index contributed by atoms with van der Waals surface area (Å²) >= 11 is 0. The van der Waals surface area contributed by atoms with E-state index in [0.29, 0.717) is 5.41 Å². The molecule has 0 atom stereocenters. The van der Waals surface area contributed by atoms with Crippen LogP contribution in [-0.4, -0.2) is 48.7 Å². The average Bonchev–Trinajstić information content (AvgIpc) is 2.38. The van der Waals surface area contributed by atoms with E-state index < -0.39 is 5.97 Å². The highest BCUT2D eigenvalue weighted by Gasteiger charge is 2.45. The van der Waals surface area contributed by atoms with E-state index in [2.05, 4.69) is 29.2 Å². The molecule has 2 aliphatic heterocycles. The predicted molar refractivity (Wildman–Crippen MR) is 74.4 cm³/mol. The molecule has 19 heavy (non-hydrogen) atoms. The van der Waals surface area contributed by atoms with Crippen molar-refractivity contribution < 1.29 is 9.90 Å². The zero-order valence-corrected chi connectivity index (χ0v) is 11.1. The van der Waals surface area contributed by atoms with Crippen LogP contribution in [0.1, 0.15) is 12.8 Å². The number of hydrogen-bond donors (Lipinski definition) is 1. The second kappa shape index (κ2) is 4.85. The molecule has 0 aromatic heterocycles. The molecule has 0 radical (unpaired) electrons. The fourth-order valence-electron chi connectivity index (χ4n) is 3.40. The van der Waals surface area contributed by atoms with Gasteiger partial charge in [-0.1, -0.05) is 18.2 Å². The summed E-state index contributed by atoms with van der Waals surface area (Å²) in [7, 11) is 0. The molecular formula is C15H20N2O2. The van der Waals surface area contributed by atoms with Crippen LogP contribution in [0, 0.1) is 5.41 Å². The number of piperidine rings is 1. The average molecular weight is 260 g/mol. The number of carboxylic acid groups (broad SMARTS) is 1. The topological polar surface area (TPSA) is 43.8 Å². The van der Waals surface area contributed by atoms with Gasteiger partial charge in [0, 0.05) is 31.9 Å². The molecule has 2 heterocycles. The van der Waals surface area contributed by atoms with Crippen molar-refractivity contribution in [1.82, 2.24) is 4.90 Å². The third-order valence-corrected chi connectivity index (χ3v) is 4.42. The van der Waals surface area contributed by atoms with Crippen molar-refractivity contribution in [1.29, 1.82) is 0 Å². The molecule has 1 aromatic rings. The number of benzene rings is 1. The molecule has 0 bridgehead atoms. The quantitative estimate of drug-likeness (QED) is 0.898. The summed E-state index contributed by atoms with van der Waals surface area (Å²) in [6.07, 6.45) is 2.36. The molecule has 2 saturated heterocycles. The molecule has 0 saturated carbocycles. The summed E-state index contributed by atoms with van der Waals surface area (Å²) in [5.74, 6) is -0.712. The van der Waals surface area contributed by atoms with E-state index in [1.54, 1.807) is 0 Å². The molecule has 0 unspecified atom stereocenters. The maximum atomic E-state index is 10.7. The Morgan fingerprint density at radius 2 is 1.79 bits per heavy atom. The molecule has 0 amide bonds. The normalized spacial score (nSPS) is 22.2. The number of aliphatic carboxylic acids is 1. The van der Waals surface area contributed by atoms with Crippen LogP contribution in [-0.2, 0) is 4.79 Å². The van der Waals surface area contributed by atoms with Gasteiger partial charge in [-0.25, -0.2) is 0 Å². The molecule has 102 valence electrons. The van der Waals surface area contributed by atoms with Gasteiger partial charge < -0.3 is 10.0 Å². The minimum atomic E-state index is -0.712. The third-order valence-electron chi connectivity index (χ3n) is 4.42. The van der Waals surface area contributed by atoms with Gasteiger partial charge in [-0.2, -0.15) is 0 Å². The van der Waals surface area contributed by atoms with Crippen molar-refractivity contribution in [2.75, 3.05) is 37.6 Å². The maximum Gasteiger partial charge on any atom is 0.317 e. The molecule has 1 N–H and O–H groups in total. The van der Waals surface area contributed by atoms with Gasteiger partial charge >= 0.3 is 5.97 Å². The van der Waals surface area contributed by atoms with Crippen LogP contribution in [0.4, 0.5) is 5.69 Å². The first-order valence-corrected chi connectivity index (χ1v) is 6.91. The number of hydrogen-bond acceptors (Lipinski definition) is 3. The maximum absolute atomic E-state index is 10.7. The number of carboxylic acids is 1. The fraction of sp³-hybridized carbons (Fsp3) is 0.533. The van der Waals surface area contributed by atoms with Crippen LogP contribution < -0.4 is 4.90 Å². The molecular weight excluding hydrogens is 240 g/mol. The van der Waals surface area contributed by atoms with Crippen molar-refractivity contribution in [3.63, 3.8) is 0 Å². The first-order chi connectivity index (χ1) is 9.17. The number of nitrogens with zero attached hydrogens (tertiary/aromatic N) is 2. The zero-order valence-electron chi connectivity index (χ0n) is 11.1. The molecule has 0 aliphatic carbocycles. The second-order valence-electron chi connectivity index (χ2n) is 5.86. The van der Waals surface area contributed by atoms with Gasteiger partial charge in [0.15, 0.2) is 0 Å². The van der Waals surface area contributed by atoms with E-state index in [4.69, 9.17) is 5.11 Å². The van der Waals surface area contributed by atoms with E-state index in [-0.39, 0.29) is 6.54 Å². The van der Waals surface area contributed by atoms with Crippen molar-refractivity contribution >= 4 is 11.7 Å². The summed E-state index contributed by atoms with van der Waals surface area (Å²) in [6.45, 7) is 4.30. The van der Waals surface area contributed by atoms with E-state index >= 15 is 0 Å². The van der Waals surface area contributed by atoms with E-state index in [0.717, 1.165) is 26.2 Å². The fourth-order valence-corrected chi connectivity index (χ4v) is 3.40. The highest BCUT2D eigenvalue weighted by Crippen LogP contribution is 2.41. The second-order valence-corrected chi connectivity index (χ2v) is 5.86. The lowest BCUT2D eigenvalue weighted by molar-refractivity contribution is -0.142. The third kappa shape index (κ3) is 2.59. The molecule has 4 heteroatoms. The number of likely N-dealkylation sites (tertiary alicyclic amines) is 1. The van der Waals surface area contributed by atoms with Gasteiger partial charge in [0.25, 0.3) is 0 Å². The van der Waals surface area contributed by atoms with Crippen LogP contribution in [0.3, 0.4) is 0 Å². The summed E-state index contributed by atoms with van der Waals surface area (Å²) in [6, 6.07) is 10.5. The lowest BCUT2D eigenvalue weighted by Gasteiger charge is -2.54. The van der Waals surface area contributed by atoms with Crippen molar-refractivity contribution in [3.8, 4) is 0 Å². The standard InChI is InChI=1S/C15H20N2O2/c18-14(19)10-16-11-15(12-16)6-8-17(9-7-15)13-4-2-1-3-5-13/h1-5H,6-12H2,(H,18,19). The van der Waals surface area contributed by atoms with Crippen LogP contribution in [0.2, 0.25) is 0 Å². The van der Waals surface area contributed by atoms with Crippen molar-refractivity contribution in [3.05, 3.63) is 30.3 Å². The lowest BCUT2D eigenvalue weighted by Crippen LogP contribution is -2.61. The van der Waals surface area contributed by atoms with Gasteiger partial charge in [-0.05, 0) is 30.4 Å². The minimum absolute atomic E-state index is 0.199. The molecule has 2 aliphatic rings. The Labute approximate surface area is 113 Å². The van der Waals surface area contributed by atoms with Crippen molar-refractivity contribution in [2.24, 2.45) is 5.41 Å². The zero-order chi connectivity index (χ0) is 13.3. The molecule has 2 fully saturated rings. The Balaban J connectivity index is 1.52. The monoisotopic (exact) mass is 260 g/mol. The van der Waals surface area contributed by atoms with Crippen LogP contribution >= 0.6 is 0 Å². The van der Waals surface area contributed by atoms with Gasteiger partial charge in [0.1, 0.15) is 0 Å². The number of anilines is 1. The minimum Gasteiger partial charge on any atom is -0.480 e. The predicted octanol–water partition coefficient (Wildman–Crippen LogP) is 1.67. The van der Waals surface area contributed by atoms with E-state index in [1.165, 1.54) is 18.5 Å². The number of rotatable bonds is 3. The van der Waals surface area contributed by atoms with Crippen molar-refractivity contribution in [2.45, 2.75) is 12.8 Å². The molecule has 3 rings (SSSR count). The van der Waals surface area contributed by atoms with E-state index in [1.807, 2.05) is 11.0 Å². The summed E-state index contributed by atoms with van der Waals surface area (Å²) in [5, 5.41) is 8.78. The van der Waals surface area contributed by atoms with Gasteiger partial charge in [-0.3, -0.25) is 9.69 Å². The highest BCUT2D eigenvalue weighted by molar-refractivity contribution is 5.69. The Kier molecular flexibility index (Phi) is 3.19. The highest BCUT2D eigenvalue weighted by atomic mass is 16.4. The van der Waals surface area contributed by atoms with E-state index in [9.17, 15) is 4.79 Å². The van der Waals surface area contributed by atoms with Gasteiger partial charge in [-0.15, -0.1) is 0 Å². The Morgan fingerprint density at radius 1 is 1.16 bits per heavy atom. The smallest absolute Gasteiger partial charge is 0.317 e. The first kappa shape index (κ1) is 12.5. The molecule has 4 nitrogen and oxygen atoms in total. The molecule has 1 aromatic carbocycles. The summed E-state index contributed by atoms with van der Waals surface area (Å²) in [5.41, 5.74) is 1.69. The Hall–Kier alpha value is -1.55. The Bertz CT molecular complexity index is 444. The van der Waals surface area contributed by atoms with Gasteiger partial charge in [0.2, 0.25) is 0 Å². The van der Waals surface area contributed by atoms with Crippen LogP contribution in [0.15, 0.2) is 30.3 Å². The van der Waals surface area contributed by atoms with Crippen LogP contribution in [0.25, 0.3) is 0 Å². The first-order valence-electron chi connectivity index (χ1n) is 6.91. The Morgan fingerprint density at radius 3 is 2.37 bits per heavy atom. The largest absolute Gasteiger partial charge is 0.480 e. The van der Waals surface area contributed by atoms with Gasteiger partial charge in [0.05, 0.1) is 6.54 Å². The number of para-hydroxylation sites is 1. The SMILES string of the molecule is O=C(O)CN1CC2(CCN(c3ccccc3)CC2)C1. The molecule has 1 spiro atoms.